The lowest BCUT2D eigenvalue weighted by Gasteiger charge is -2.32. The number of para-hydroxylation sites is 1. The van der Waals surface area contributed by atoms with Crippen LogP contribution in [0.3, 0.4) is 0 Å². The lowest BCUT2D eigenvalue weighted by Crippen LogP contribution is -2.47. The Bertz CT molecular complexity index is 1040. The summed E-state index contributed by atoms with van der Waals surface area (Å²) in [6.45, 7) is 4.92. The smallest absolute Gasteiger partial charge is 0.259 e. The van der Waals surface area contributed by atoms with E-state index >= 15 is 0 Å². The Hall–Kier alpha value is -3.45. The predicted octanol–water partition coefficient (Wildman–Crippen LogP) is 2.82. The van der Waals surface area contributed by atoms with Crippen molar-refractivity contribution in [3.63, 3.8) is 0 Å². The van der Waals surface area contributed by atoms with Crippen LogP contribution in [-0.2, 0) is 0 Å². The molecule has 0 saturated carbocycles. The average Bonchev–Trinajstić information content (AvgIpc) is 3.18. The van der Waals surface area contributed by atoms with Crippen molar-refractivity contribution in [2.75, 3.05) is 38.5 Å². The van der Waals surface area contributed by atoms with Gasteiger partial charge in [-0.15, -0.1) is 0 Å². The predicted molar refractivity (Wildman–Crippen MR) is 116 cm³/mol. The maximum Gasteiger partial charge on any atom is 0.259 e. The molecule has 2 heterocycles. The van der Waals surface area contributed by atoms with Crippen molar-refractivity contribution in [3.05, 3.63) is 77.5 Å². The fourth-order valence-electron chi connectivity index (χ4n) is 3.45. The minimum absolute atomic E-state index is 0.121. The summed E-state index contributed by atoms with van der Waals surface area (Å²) >= 11 is 0. The molecule has 30 heavy (non-hydrogen) atoms. The highest BCUT2D eigenvalue weighted by atomic mass is 16.2. The second kappa shape index (κ2) is 8.51. The summed E-state index contributed by atoms with van der Waals surface area (Å²) in [5.74, 6) is -0.0136. The normalized spacial score (nSPS) is 14.5. The van der Waals surface area contributed by atoms with Gasteiger partial charge < -0.3 is 15.1 Å². The summed E-state index contributed by atoms with van der Waals surface area (Å²) in [4.78, 5) is 30.2. The van der Waals surface area contributed by atoms with Gasteiger partial charge in [-0.2, -0.15) is 5.10 Å². The molecule has 0 bridgehead atoms. The van der Waals surface area contributed by atoms with Crippen LogP contribution >= 0.6 is 0 Å². The average molecular weight is 403 g/mol. The van der Waals surface area contributed by atoms with Crippen LogP contribution in [0.1, 0.15) is 26.3 Å². The van der Waals surface area contributed by atoms with Crippen molar-refractivity contribution in [2.45, 2.75) is 6.92 Å². The van der Waals surface area contributed by atoms with Gasteiger partial charge in [-0.3, -0.25) is 9.59 Å². The zero-order chi connectivity index (χ0) is 21.1. The second-order valence-electron chi connectivity index (χ2n) is 7.57. The number of rotatable bonds is 4. The number of nitrogens with zero attached hydrogens (tertiary/aromatic N) is 4. The fourth-order valence-corrected chi connectivity index (χ4v) is 3.45. The van der Waals surface area contributed by atoms with E-state index in [1.165, 1.54) is 0 Å². The number of anilines is 1. The highest BCUT2D eigenvalue weighted by Crippen LogP contribution is 2.23. The Morgan fingerprint density at radius 3 is 2.27 bits per heavy atom. The highest BCUT2D eigenvalue weighted by Gasteiger charge is 2.26. The number of likely N-dealkylation sites (N-methyl/N-ethyl adjacent to an activating group) is 1. The minimum Gasteiger partial charge on any atom is -0.336 e. The Labute approximate surface area is 175 Å². The van der Waals surface area contributed by atoms with Crippen molar-refractivity contribution in [2.24, 2.45) is 0 Å². The Balaban J connectivity index is 1.68. The fraction of sp³-hybridized carbons (Fsp3) is 0.261. The second-order valence-corrected chi connectivity index (χ2v) is 7.57. The van der Waals surface area contributed by atoms with Crippen molar-refractivity contribution in [1.82, 2.24) is 19.6 Å². The number of nitrogens with one attached hydrogen (secondary N) is 1. The molecule has 2 amide bonds. The summed E-state index contributed by atoms with van der Waals surface area (Å²) in [6, 6.07) is 16.8. The van der Waals surface area contributed by atoms with Crippen molar-refractivity contribution >= 4 is 17.6 Å². The first-order chi connectivity index (χ1) is 14.5. The van der Waals surface area contributed by atoms with Crippen LogP contribution in [0.25, 0.3) is 5.69 Å². The monoisotopic (exact) mass is 403 g/mol. The van der Waals surface area contributed by atoms with Crippen LogP contribution < -0.4 is 5.32 Å². The van der Waals surface area contributed by atoms with Gasteiger partial charge in [-0.1, -0.05) is 35.9 Å². The van der Waals surface area contributed by atoms with Crippen LogP contribution in [-0.4, -0.2) is 64.6 Å². The maximum absolute atomic E-state index is 13.2. The van der Waals surface area contributed by atoms with E-state index in [1.54, 1.807) is 23.0 Å². The molecule has 0 atom stereocenters. The summed E-state index contributed by atoms with van der Waals surface area (Å²) in [5.41, 5.74) is 2.77. The Morgan fingerprint density at radius 1 is 0.933 bits per heavy atom. The summed E-state index contributed by atoms with van der Waals surface area (Å²) in [6.07, 6.45) is 1.54. The van der Waals surface area contributed by atoms with Gasteiger partial charge in [0, 0.05) is 31.7 Å². The first-order valence-corrected chi connectivity index (χ1v) is 10.0. The van der Waals surface area contributed by atoms with Gasteiger partial charge in [0.25, 0.3) is 11.8 Å². The van der Waals surface area contributed by atoms with Crippen molar-refractivity contribution < 1.29 is 9.59 Å². The molecular weight excluding hydrogens is 378 g/mol. The number of carbonyl (C=O) groups excluding carboxylic acids is 2. The first kappa shape index (κ1) is 19.8. The molecular formula is C23H25N5O2. The maximum atomic E-state index is 13.2. The van der Waals surface area contributed by atoms with Crippen LogP contribution in [0.4, 0.5) is 5.82 Å². The topological polar surface area (TPSA) is 70.5 Å². The zero-order valence-corrected chi connectivity index (χ0v) is 17.2. The highest BCUT2D eigenvalue weighted by molar-refractivity contribution is 6.08. The standard InChI is InChI=1S/C23H25N5O2/c1-17-8-10-18(11-9-17)22(29)25-21-20(23(30)27-14-12-26(2)13-15-27)16-24-28(21)19-6-4-3-5-7-19/h3-11,16H,12-15H2,1-2H3,(H,25,29). The SMILES string of the molecule is Cc1ccc(C(=O)Nc2c(C(=O)N3CCN(C)CC3)cnn2-c2ccccc2)cc1. The molecule has 1 fully saturated rings. The number of hydrogen-bond donors (Lipinski definition) is 1. The van der Waals surface area contributed by atoms with Crippen LogP contribution in [0, 0.1) is 6.92 Å². The molecule has 0 aliphatic carbocycles. The molecule has 4 rings (SSSR count). The van der Waals surface area contributed by atoms with Gasteiger partial charge in [0.1, 0.15) is 11.4 Å². The number of carbonyl (C=O) groups is 2. The third-order valence-electron chi connectivity index (χ3n) is 5.34. The molecule has 0 radical (unpaired) electrons. The Kier molecular flexibility index (Phi) is 5.63. The van der Waals surface area contributed by atoms with Gasteiger partial charge in [-0.25, -0.2) is 4.68 Å². The van der Waals surface area contributed by atoms with Gasteiger partial charge in [0.15, 0.2) is 0 Å². The van der Waals surface area contributed by atoms with Gasteiger partial charge in [-0.05, 0) is 38.2 Å². The van der Waals surface area contributed by atoms with E-state index in [9.17, 15) is 9.59 Å². The van der Waals surface area contributed by atoms with Gasteiger partial charge >= 0.3 is 0 Å². The van der Waals surface area contributed by atoms with E-state index in [0.717, 1.165) is 24.3 Å². The lowest BCUT2D eigenvalue weighted by molar-refractivity contribution is 0.0665. The van der Waals surface area contributed by atoms with E-state index in [4.69, 9.17) is 0 Å². The van der Waals surface area contributed by atoms with E-state index in [0.29, 0.717) is 30.0 Å². The van der Waals surface area contributed by atoms with E-state index < -0.39 is 0 Å². The molecule has 1 saturated heterocycles. The van der Waals surface area contributed by atoms with Crippen LogP contribution in [0.15, 0.2) is 60.8 Å². The van der Waals surface area contributed by atoms with E-state index in [-0.39, 0.29) is 11.8 Å². The number of hydrogen-bond acceptors (Lipinski definition) is 4. The number of piperazine rings is 1. The van der Waals surface area contributed by atoms with Gasteiger partial charge in [0.2, 0.25) is 0 Å². The third kappa shape index (κ3) is 4.11. The number of aromatic nitrogens is 2. The molecule has 1 N–H and O–H groups in total. The summed E-state index contributed by atoms with van der Waals surface area (Å²) < 4.78 is 1.61. The molecule has 3 aromatic rings. The molecule has 1 aromatic heterocycles. The molecule has 2 aromatic carbocycles. The molecule has 7 nitrogen and oxygen atoms in total. The number of amides is 2. The van der Waals surface area contributed by atoms with E-state index in [1.807, 2.05) is 61.3 Å². The molecule has 7 heteroatoms. The summed E-state index contributed by atoms with van der Waals surface area (Å²) in [7, 11) is 2.04. The van der Waals surface area contributed by atoms with Crippen molar-refractivity contribution in [1.29, 1.82) is 0 Å². The number of benzene rings is 2. The van der Waals surface area contributed by atoms with E-state index in [2.05, 4.69) is 15.3 Å². The van der Waals surface area contributed by atoms with Crippen molar-refractivity contribution in [3.8, 4) is 5.69 Å². The lowest BCUT2D eigenvalue weighted by atomic mass is 10.1. The third-order valence-corrected chi connectivity index (χ3v) is 5.34. The molecule has 1 aliphatic rings. The van der Waals surface area contributed by atoms with Gasteiger partial charge in [0.05, 0.1) is 11.9 Å². The molecule has 154 valence electrons. The molecule has 0 spiro atoms. The largest absolute Gasteiger partial charge is 0.336 e. The molecule has 0 unspecified atom stereocenters. The first-order valence-electron chi connectivity index (χ1n) is 10.0. The minimum atomic E-state index is -0.278. The van der Waals surface area contributed by atoms with Crippen LogP contribution in [0.5, 0.6) is 0 Å². The zero-order valence-electron chi connectivity index (χ0n) is 17.2. The van der Waals surface area contributed by atoms with Crippen LogP contribution in [0.2, 0.25) is 0 Å². The number of aryl methyl sites for hydroxylation is 1. The Morgan fingerprint density at radius 2 is 1.60 bits per heavy atom. The quantitative estimate of drug-likeness (QED) is 0.727. The molecule has 1 aliphatic heterocycles. The summed E-state index contributed by atoms with van der Waals surface area (Å²) in [5, 5.41) is 7.35.